The topological polar surface area (TPSA) is 89.6 Å². The lowest BCUT2D eigenvalue weighted by molar-refractivity contribution is -0.137. The van der Waals surface area contributed by atoms with E-state index in [2.05, 4.69) is 0 Å². The Bertz CT molecular complexity index is 632. The Morgan fingerprint density at radius 2 is 1.48 bits per heavy atom. The van der Waals surface area contributed by atoms with Crippen molar-refractivity contribution in [2.24, 2.45) is 0 Å². The molecule has 0 unspecified atom stereocenters. The maximum Gasteiger partial charge on any atom is 0.306 e. The van der Waals surface area contributed by atoms with Crippen LogP contribution < -0.4 is 10.5 Å². The van der Waals surface area contributed by atoms with Gasteiger partial charge in [-0.15, -0.1) is 0 Å². The van der Waals surface area contributed by atoms with Crippen LogP contribution in [0.5, 0.6) is 5.75 Å². The van der Waals surface area contributed by atoms with Gasteiger partial charge in [0.05, 0.1) is 13.0 Å². The predicted octanol–water partition coefficient (Wildman–Crippen LogP) is 2.35. The van der Waals surface area contributed by atoms with Crippen molar-refractivity contribution in [3.63, 3.8) is 0 Å². The SMILES string of the molecule is Nc1ccc(C(=O)c2ccc(OCCC(=O)O)cc2)cc1. The van der Waals surface area contributed by atoms with Crippen LogP contribution in [0.2, 0.25) is 0 Å². The minimum absolute atomic E-state index is 0.0634. The van der Waals surface area contributed by atoms with E-state index in [-0.39, 0.29) is 18.8 Å². The lowest BCUT2D eigenvalue weighted by Crippen LogP contribution is -2.05. The van der Waals surface area contributed by atoms with Crippen molar-refractivity contribution >= 4 is 17.4 Å². The summed E-state index contributed by atoms with van der Waals surface area (Å²) in [5.41, 5.74) is 7.28. The second kappa shape index (κ2) is 6.56. The summed E-state index contributed by atoms with van der Waals surface area (Å²) in [5.74, 6) is -0.484. The van der Waals surface area contributed by atoms with Gasteiger partial charge in [-0.05, 0) is 48.5 Å². The number of hydrogen-bond donors (Lipinski definition) is 2. The molecule has 2 aromatic rings. The molecule has 0 atom stereocenters. The molecular weight excluding hydrogens is 270 g/mol. The highest BCUT2D eigenvalue weighted by molar-refractivity contribution is 6.09. The Morgan fingerprint density at radius 1 is 0.952 bits per heavy atom. The second-order valence-electron chi connectivity index (χ2n) is 4.47. The molecule has 0 aliphatic carbocycles. The number of carbonyl (C=O) groups is 2. The standard InChI is InChI=1S/C16H15NO4/c17-13-5-1-11(2-6-13)16(20)12-3-7-14(8-4-12)21-10-9-15(18)19/h1-8H,9-10,17H2,(H,18,19). The van der Waals surface area contributed by atoms with E-state index in [9.17, 15) is 9.59 Å². The van der Waals surface area contributed by atoms with Gasteiger partial charge in [0.1, 0.15) is 5.75 Å². The zero-order valence-corrected chi connectivity index (χ0v) is 11.3. The van der Waals surface area contributed by atoms with Crippen LogP contribution in [0.4, 0.5) is 5.69 Å². The number of aliphatic carboxylic acids is 1. The van der Waals surface area contributed by atoms with E-state index in [1.54, 1.807) is 48.5 Å². The van der Waals surface area contributed by atoms with Crippen molar-refractivity contribution in [2.75, 3.05) is 12.3 Å². The number of nitrogen functional groups attached to an aromatic ring is 1. The summed E-state index contributed by atoms with van der Waals surface area (Å²) in [6.07, 6.45) is -0.0634. The molecule has 2 rings (SSSR count). The van der Waals surface area contributed by atoms with Crippen LogP contribution >= 0.6 is 0 Å². The summed E-state index contributed by atoms with van der Waals surface area (Å²) < 4.78 is 5.26. The number of ether oxygens (including phenoxy) is 1. The lowest BCUT2D eigenvalue weighted by atomic mass is 10.0. The Morgan fingerprint density at radius 3 is 2.00 bits per heavy atom. The first-order valence-electron chi connectivity index (χ1n) is 6.41. The van der Waals surface area contributed by atoms with Crippen molar-refractivity contribution < 1.29 is 19.4 Å². The van der Waals surface area contributed by atoms with Crippen molar-refractivity contribution in [1.82, 2.24) is 0 Å². The van der Waals surface area contributed by atoms with Gasteiger partial charge in [-0.25, -0.2) is 0 Å². The van der Waals surface area contributed by atoms with Gasteiger partial charge in [-0.1, -0.05) is 0 Å². The fourth-order valence-corrected chi connectivity index (χ4v) is 1.76. The highest BCUT2D eigenvalue weighted by atomic mass is 16.5. The van der Waals surface area contributed by atoms with E-state index in [4.69, 9.17) is 15.6 Å². The van der Waals surface area contributed by atoms with Gasteiger partial charge in [0.15, 0.2) is 5.78 Å². The third-order valence-corrected chi connectivity index (χ3v) is 2.87. The van der Waals surface area contributed by atoms with Crippen LogP contribution in [0.1, 0.15) is 22.3 Å². The van der Waals surface area contributed by atoms with Gasteiger partial charge >= 0.3 is 5.97 Å². The average Bonchev–Trinajstić information content (AvgIpc) is 2.48. The molecule has 0 fully saturated rings. The largest absolute Gasteiger partial charge is 0.493 e. The summed E-state index contributed by atoms with van der Waals surface area (Å²) in [7, 11) is 0. The van der Waals surface area contributed by atoms with Gasteiger partial charge in [0.2, 0.25) is 0 Å². The summed E-state index contributed by atoms with van der Waals surface area (Å²) >= 11 is 0. The molecule has 2 aromatic carbocycles. The zero-order valence-electron chi connectivity index (χ0n) is 11.3. The monoisotopic (exact) mass is 285 g/mol. The van der Waals surface area contributed by atoms with Crippen LogP contribution in [0, 0.1) is 0 Å². The van der Waals surface area contributed by atoms with Gasteiger partial charge in [0, 0.05) is 16.8 Å². The Kier molecular flexibility index (Phi) is 4.56. The summed E-state index contributed by atoms with van der Waals surface area (Å²) in [6.45, 7) is 0.0978. The predicted molar refractivity (Wildman–Crippen MR) is 78.5 cm³/mol. The molecule has 21 heavy (non-hydrogen) atoms. The number of carboxylic acid groups (broad SMARTS) is 1. The van der Waals surface area contributed by atoms with Gasteiger partial charge in [-0.2, -0.15) is 0 Å². The molecule has 0 bridgehead atoms. The van der Waals surface area contributed by atoms with Crippen LogP contribution in [0.25, 0.3) is 0 Å². The molecule has 0 amide bonds. The number of nitrogens with two attached hydrogens (primary N) is 1. The fourth-order valence-electron chi connectivity index (χ4n) is 1.76. The zero-order chi connectivity index (χ0) is 15.2. The number of ketones is 1. The molecule has 0 saturated heterocycles. The Balaban J connectivity index is 2.02. The van der Waals surface area contributed by atoms with Crippen LogP contribution in [0.3, 0.4) is 0 Å². The quantitative estimate of drug-likeness (QED) is 0.628. The van der Waals surface area contributed by atoms with Crippen molar-refractivity contribution in [3.05, 3.63) is 59.7 Å². The number of carboxylic acids is 1. The molecule has 0 heterocycles. The molecule has 0 aliphatic heterocycles. The number of hydrogen-bond acceptors (Lipinski definition) is 4. The molecule has 0 radical (unpaired) electrons. The van der Waals surface area contributed by atoms with Crippen molar-refractivity contribution in [2.45, 2.75) is 6.42 Å². The molecule has 3 N–H and O–H groups in total. The number of rotatable bonds is 6. The number of anilines is 1. The number of benzene rings is 2. The summed E-state index contributed by atoms with van der Waals surface area (Å²) in [5, 5.41) is 8.52. The minimum Gasteiger partial charge on any atom is -0.493 e. The molecule has 0 aromatic heterocycles. The van der Waals surface area contributed by atoms with Crippen molar-refractivity contribution in [1.29, 1.82) is 0 Å². The third-order valence-electron chi connectivity index (χ3n) is 2.87. The van der Waals surface area contributed by atoms with E-state index >= 15 is 0 Å². The highest BCUT2D eigenvalue weighted by Gasteiger charge is 2.09. The van der Waals surface area contributed by atoms with E-state index in [1.165, 1.54) is 0 Å². The highest BCUT2D eigenvalue weighted by Crippen LogP contribution is 2.16. The average molecular weight is 285 g/mol. The first-order valence-corrected chi connectivity index (χ1v) is 6.41. The third kappa shape index (κ3) is 4.07. The molecule has 108 valence electrons. The smallest absolute Gasteiger partial charge is 0.306 e. The molecule has 0 aliphatic rings. The van der Waals surface area contributed by atoms with Crippen molar-refractivity contribution in [3.8, 4) is 5.75 Å². The van der Waals surface area contributed by atoms with Crippen LogP contribution in [-0.4, -0.2) is 23.5 Å². The Labute approximate surface area is 122 Å². The minimum atomic E-state index is -0.912. The first kappa shape index (κ1) is 14.6. The molecule has 5 nitrogen and oxygen atoms in total. The van der Waals surface area contributed by atoms with Crippen LogP contribution in [-0.2, 0) is 4.79 Å². The second-order valence-corrected chi connectivity index (χ2v) is 4.47. The lowest BCUT2D eigenvalue weighted by Gasteiger charge is -2.06. The van der Waals surface area contributed by atoms with E-state index in [0.29, 0.717) is 22.6 Å². The fraction of sp³-hybridized carbons (Fsp3) is 0.125. The van der Waals surface area contributed by atoms with Gasteiger partial charge in [-0.3, -0.25) is 9.59 Å². The van der Waals surface area contributed by atoms with Crippen LogP contribution in [0.15, 0.2) is 48.5 Å². The Hall–Kier alpha value is -2.82. The normalized spacial score (nSPS) is 10.1. The summed E-state index contributed by atoms with van der Waals surface area (Å²) in [4.78, 5) is 22.6. The van der Waals surface area contributed by atoms with E-state index < -0.39 is 5.97 Å². The molecule has 0 saturated carbocycles. The van der Waals surface area contributed by atoms with Gasteiger partial charge in [0.25, 0.3) is 0 Å². The maximum atomic E-state index is 12.2. The molecular formula is C16H15NO4. The molecule has 5 heteroatoms. The summed E-state index contributed by atoms with van der Waals surface area (Å²) in [6, 6.07) is 13.3. The van der Waals surface area contributed by atoms with E-state index in [0.717, 1.165) is 0 Å². The number of carbonyl (C=O) groups excluding carboxylic acids is 1. The molecule has 0 spiro atoms. The first-order chi connectivity index (χ1) is 10.1. The van der Waals surface area contributed by atoms with E-state index in [1.807, 2.05) is 0 Å². The van der Waals surface area contributed by atoms with Gasteiger partial charge < -0.3 is 15.6 Å². The maximum absolute atomic E-state index is 12.2.